The number of H-pyrrole nitrogens is 1. The lowest BCUT2D eigenvalue weighted by molar-refractivity contribution is -0.141. The van der Waals surface area contributed by atoms with Crippen molar-refractivity contribution >= 4 is 44.9 Å². The summed E-state index contributed by atoms with van der Waals surface area (Å²) < 4.78 is 72.1. The predicted octanol–water partition coefficient (Wildman–Crippen LogP) is 5.33. The third-order valence-electron chi connectivity index (χ3n) is 5.51. The summed E-state index contributed by atoms with van der Waals surface area (Å²) in [6.07, 6.45) is -4.67. The molecule has 210 valence electrons. The van der Waals surface area contributed by atoms with Crippen LogP contribution in [0.4, 0.5) is 30.5 Å². The van der Waals surface area contributed by atoms with Crippen molar-refractivity contribution in [2.45, 2.75) is 19.7 Å². The molecule has 0 fully saturated rings. The van der Waals surface area contributed by atoms with Crippen LogP contribution in [0.3, 0.4) is 0 Å². The molecule has 0 spiro atoms. The Labute approximate surface area is 231 Å². The van der Waals surface area contributed by atoms with Crippen LogP contribution in [0, 0.1) is 0 Å². The molecule has 2 heterocycles. The highest BCUT2D eigenvalue weighted by Crippen LogP contribution is 2.35. The van der Waals surface area contributed by atoms with Gasteiger partial charge in [-0.15, -0.1) is 0 Å². The van der Waals surface area contributed by atoms with Crippen molar-refractivity contribution in [2.24, 2.45) is 5.73 Å². The molecule has 0 radical (unpaired) electrons. The molecule has 0 unspecified atom stereocenters. The van der Waals surface area contributed by atoms with Gasteiger partial charge in [0, 0.05) is 10.6 Å². The van der Waals surface area contributed by atoms with E-state index in [1.807, 2.05) is 0 Å². The van der Waals surface area contributed by atoms with Gasteiger partial charge in [-0.05, 0) is 48.9 Å². The van der Waals surface area contributed by atoms with Crippen LogP contribution in [0.25, 0.3) is 11.3 Å². The third-order valence-corrected chi connectivity index (χ3v) is 7.06. The number of nitrogens with two attached hydrogens (primary N) is 1. The highest BCUT2D eigenvalue weighted by atomic mass is 35.5. The summed E-state index contributed by atoms with van der Waals surface area (Å²) in [6.45, 7) is 1.53. The predicted molar refractivity (Wildman–Crippen MR) is 144 cm³/mol. The van der Waals surface area contributed by atoms with Gasteiger partial charge in [-0.3, -0.25) is 14.6 Å². The van der Waals surface area contributed by atoms with Crippen LogP contribution in [0.2, 0.25) is 5.02 Å². The summed E-state index contributed by atoms with van der Waals surface area (Å²) in [7, 11) is -3.67. The number of hydrogen-bond acceptors (Lipinski definition) is 7. The summed E-state index contributed by atoms with van der Waals surface area (Å²) in [5.74, 6) is -1.29. The van der Waals surface area contributed by atoms with Crippen LogP contribution in [-0.4, -0.2) is 35.3 Å². The second-order valence-corrected chi connectivity index (χ2v) is 10.8. The van der Waals surface area contributed by atoms with E-state index in [9.17, 15) is 26.4 Å². The number of aromatic nitrogens is 3. The van der Waals surface area contributed by atoms with Gasteiger partial charge in [-0.1, -0.05) is 35.9 Å². The summed E-state index contributed by atoms with van der Waals surface area (Å²) in [5, 5.41) is 9.82. The van der Waals surface area contributed by atoms with Gasteiger partial charge in [-0.2, -0.15) is 18.3 Å². The molecule has 1 amide bonds. The smallest absolute Gasteiger partial charge is 0.433 e. The zero-order valence-electron chi connectivity index (χ0n) is 20.7. The van der Waals surface area contributed by atoms with E-state index in [4.69, 9.17) is 22.1 Å². The molecule has 0 aliphatic heterocycles. The van der Waals surface area contributed by atoms with E-state index >= 15 is 0 Å². The quantitative estimate of drug-likeness (QED) is 0.194. The summed E-state index contributed by atoms with van der Waals surface area (Å²) in [6, 6.07) is 14.4. The fourth-order valence-corrected chi connectivity index (χ4v) is 4.30. The lowest BCUT2D eigenvalue weighted by Gasteiger charge is -2.15. The van der Waals surface area contributed by atoms with Crippen molar-refractivity contribution in [1.29, 1.82) is 0 Å². The third kappa shape index (κ3) is 6.82. The van der Waals surface area contributed by atoms with Gasteiger partial charge < -0.3 is 15.8 Å². The number of anilines is 3. The molecule has 40 heavy (non-hydrogen) atoms. The van der Waals surface area contributed by atoms with E-state index in [1.54, 1.807) is 24.3 Å². The van der Waals surface area contributed by atoms with Crippen molar-refractivity contribution in [2.75, 3.05) is 15.8 Å². The fourth-order valence-electron chi connectivity index (χ4n) is 3.53. The first-order valence-electron chi connectivity index (χ1n) is 11.6. The summed E-state index contributed by atoms with van der Waals surface area (Å²) in [5.41, 5.74) is 5.54. The minimum atomic E-state index is -4.67. The first-order valence-corrected chi connectivity index (χ1v) is 13.6. The maximum absolute atomic E-state index is 13.1. The molecular weight excluding hydrogens is 573 g/mol. The second kappa shape index (κ2) is 11.4. The molecule has 2 aromatic heterocycles. The van der Waals surface area contributed by atoms with Crippen LogP contribution in [0.5, 0.6) is 5.75 Å². The Balaban J connectivity index is 1.71. The molecule has 15 heteroatoms. The Bertz CT molecular complexity index is 1640. The lowest BCUT2D eigenvalue weighted by Crippen LogP contribution is -2.16. The fraction of sp³-hybridized carbons (Fsp3) is 0.160. The van der Waals surface area contributed by atoms with Gasteiger partial charge in [0.1, 0.15) is 40.9 Å². The van der Waals surface area contributed by atoms with E-state index in [0.29, 0.717) is 10.6 Å². The molecule has 0 atom stereocenters. The number of aromatic amines is 1. The molecule has 4 aromatic rings. The number of carbonyl (C=O) groups is 1. The number of primary amides is 1. The van der Waals surface area contributed by atoms with Crippen LogP contribution in [0.1, 0.15) is 28.5 Å². The SMILES string of the molecule is CCS(=O)(=O)Nc1ccc(-c2n[nH]c(Nc3cccc(C(F)(F)F)n3)c2C(N)=O)cc1OCc1ccc(Cl)cc1. The molecule has 0 aliphatic carbocycles. The first-order chi connectivity index (χ1) is 18.9. The van der Waals surface area contributed by atoms with Crippen LogP contribution in [0.15, 0.2) is 60.7 Å². The number of nitrogens with one attached hydrogen (secondary N) is 3. The van der Waals surface area contributed by atoms with E-state index < -0.39 is 27.8 Å². The van der Waals surface area contributed by atoms with Crippen molar-refractivity contribution in [3.63, 3.8) is 0 Å². The Morgan fingerprint density at radius 2 is 1.85 bits per heavy atom. The minimum Gasteiger partial charge on any atom is -0.487 e. The summed E-state index contributed by atoms with van der Waals surface area (Å²) >= 11 is 5.93. The number of carbonyl (C=O) groups excluding carboxylic acids is 1. The highest BCUT2D eigenvalue weighted by molar-refractivity contribution is 7.92. The second-order valence-electron chi connectivity index (χ2n) is 8.35. The van der Waals surface area contributed by atoms with Gasteiger partial charge in [-0.25, -0.2) is 13.4 Å². The zero-order chi connectivity index (χ0) is 29.1. The molecular formula is C25H22ClF3N6O4S. The van der Waals surface area contributed by atoms with Crippen molar-refractivity contribution < 1.29 is 31.1 Å². The lowest BCUT2D eigenvalue weighted by atomic mass is 10.1. The largest absolute Gasteiger partial charge is 0.487 e. The minimum absolute atomic E-state index is 0.0446. The van der Waals surface area contributed by atoms with Crippen LogP contribution < -0.4 is 20.5 Å². The van der Waals surface area contributed by atoms with Crippen molar-refractivity contribution in [3.8, 4) is 17.0 Å². The van der Waals surface area contributed by atoms with Gasteiger partial charge in [0.25, 0.3) is 5.91 Å². The summed E-state index contributed by atoms with van der Waals surface area (Å²) in [4.78, 5) is 15.9. The van der Waals surface area contributed by atoms with Gasteiger partial charge >= 0.3 is 6.18 Å². The standard InChI is InChI=1S/C25H22ClF3N6O4S/c1-2-40(37,38)35-17-11-8-15(12-18(17)39-13-14-6-9-16(26)10-7-14)22-21(23(30)36)24(34-33-22)32-20-5-3-4-19(31-20)25(27,28)29/h3-12,35H,2,13H2,1H3,(H2,30,36)(H2,31,32,33,34). The Kier molecular flexibility index (Phi) is 8.21. The molecule has 0 saturated heterocycles. The highest BCUT2D eigenvalue weighted by Gasteiger charge is 2.32. The van der Waals surface area contributed by atoms with Crippen LogP contribution in [-0.2, 0) is 22.8 Å². The van der Waals surface area contributed by atoms with Crippen molar-refractivity contribution in [1.82, 2.24) is 15.2 Å². The van der Waals surface area contributed by atoms with Crippen LogP contribution >= 0.6 is 11.6 Å². The topological polar surface area (TPSA) is 152 Å². The van der Waals surface area contributed by atoms with E-state index in [-0.39, 0.29) is 46.7 Å². The number of amides is 1. The van der Waals surface area contributed by atoms with Gasteiger partial charge in [0.15, 0.2) is 0 Å². The molecule has 4 rings (SSSR count). The van der Waals surface area contributed by atoms with E-state index in [2.05, 4.69) is 25.2 Å². The number of rotatable bonds is 10. The zero-order valence-corrected chi connectivity index (χ0v) is 22.3. The average Bonchev–Trinajstić information content (AvgIpc) is 3.32. The molecule has 0 aliphatic rings. The Morgan fingerprint density at radius 1 is 1.12 bits per heavy atom. The Hall–Kier alpha value is -4.30. The monoisotopic (exact) mass is 594 g/mol. The molecule has 0 bridgehead atoms. The number of pyridine rings is 1. The molecule has 10 nitrogen and oxygen atoms in total. The molecule has 2 aromatic carbocycles. The number of hydrogen-bond donors (Lipinski definition) is 4. The number of nitrogens with zero attached hydrogens (tertiary/aromatic N) is 2. The number of halogens is 4. The number of ether oxygens (including phenoxy) is 1. The van der Waals surface area contributed by atoms with Crippen molar-refractivity contribution in [3.05, 3.63) is 82.5 Å². The maximum Gasteiger partial charge on any atom is 0.433 e. The molecule has 0 saturated carbocycles. The number of sulfonamides is 1. The van der Waals surface area contributed by atoms with Gasteiger partial charge in [0.05, 0.1) is 11.4 Å². The van der Waals surface area contributed by atoms with E-state index in [0.717, 1.165) is 17.7 Å². The first kappa shape index (κ1) is 28.7. The van der Waals surface area contributed by atoms with E-state index in [1.165, 1.54) is 31.2 Å². The number of benzene rings is 2. The number of alkyl halides is 3. The normalized spacial score (nSPS) is 11.7. The van der Waals surface area contributed by atoms with Gasteiger partial charge in [0.2, 0.25) is 10.0 Å². The average molecular weight is 595 g/mol. The molecule has 5 N–H and O–H groups in total. The Morgan fingerprint density at radius 3 is 2.50 bits per heavy atom. The maximum atomic E-state index is 13.1.